The maximum atomic E-state index is 12.1. The quantitative estimate of drug-likeness (QED) is 0.134. The highest BCUT2D eigenvalue weighted by Crippen LogP contribution is 2.59. The molecular formula is C124H135BN4. The zero-order valence-corrected chi connectivity index (χ0v) is 80.2. The lowest BCUT2D eigenvalue weighted by atomic mass is 9.33. The van der Waals surface area contributed by atoms with Gasteiger partial charge in [0.15, 0.2) is 0 Å². The summed E-state index contributed by atoms with van der Waals surface area (Å²) in [5.41, 5.74) is -16.8. The fraction of sp³-hybridized carbons (Fsp3) is 0.323. The predicted octanol–water partition coefficient (Wildman–Crippen LogP) is 33.3. The zero-order chi connectivity index (χ0) is 122. The Morgan fingerprint density at radius 3 is 0.938 bits per heavy atom. The highest BCUT2D eigenvalue weighted by atomic mass is 15.2. The second-order valence-electron chi connectivity index (χ2n) is 45.3. The molecular weight excluding hydrogens is 1560 g/mol. The van der Waals surface area contributed by atoms with Gasteiger partial charge in [0.05, 0.1) is 85.7 Å². The van der Waals surface area contributed by atoms with Crippen LogP contribution < -0.4 is 26.2 Å². The Morgan fingerprint density at radius 1 is 0.233 bits per heavy atom. The van der Waals surface area contributed by atoms with Gasteiger partial charge in [0, 0.05) is 72.2 Å². The summed E-state index contributed by atoms with van der Waals surface area (Å²) in [5.74, 6) is 0. The first-order valence-electron chi connectivity index (χ1n) is 61.7. The van der Waals surface area contributed by atoms with Crippen molar-refractivity contribution in [2.75, 3.05) is 9.80 Å². The SMILES string of the molecule is [2H]c1c([2H])c(C(C)(C)C)c(-c2c([2H])c(C(C)(C)C)c([2H])c(-c3c([2H])c([2H])c(C(C)(C)C)c([2H])c3[2H])c2N2c3cc(-n4c5c([2H])c([2H])c([2H])c([2H])c5c5c([2H])c([2H])c([2H])c([2H])c54)ccc3B3c4ccc(-c5cc(C(C)(C)C)cc(C(C)(C)C)c5)cc4N(c4c(-c5c([2H])c([2H])c(C(C)(C)C)c([2H])c5[2H])c([2H])c(C(C)(C)C)c([2H])c4-c4c([2H])c(C(C)(C)C)c([2H])c(C(C)(C)C)c4[2H])c4cc(-n5c6c([2H])c([2H])c([2H])c([2H])c6c6c([2H])c([2H])c([2H])c([2H])c65)cc2c43)c(C(C)(C)C)c1[2H]. The van der Waals surface area contributed by atoms with Gasteiger partial charge in [0.25, 0.3) is 6.71 Å². The Balaban J connectivity index is 1.28. The van der Waals surface area contributed by atoms with E-state index >= 15 is 0 Å². The summed E-state index contributed by atoms with van der Waals surface area (Å²) in [4.78, 5) is 3.13. The minimum atomic E-state index is -1.56. The van der Waals surface area contributed by atoms with Crippen LogP contribution in [0.15, 0.2) is 272 Å². The van der Waals surface area contributed by atoms with Crippen molar-refractivity contribution in [3.63, 3.8) is 0 Å². The molecule has 4 nitrogen and oxygen atoms in total. The third-order valence-corrected chi connectivity index (χ3v) is 24.9. The van der Waals surface area contributed by atoms with Gasteiger partial charge in [0.1, 0.15) is 0 Å². The van der Waals surface area contributed by atoms with E-state index in [1.807, 2.05) is 30.3 Å². The van der Waals surface area contributed by atoms with Crippen molar-refractivity contribution in [2.45, 2.75) is 262 Å². The van der Waals surface area contributed by atoms with Gasteiger partial charge in [-0.2, -0.15) is 0 Å². The van der Waals surface area contributed by atoms with Crippen LogP contribution in [-0.2, 0) is 54.1 Å². The molecule has 0 radical (unpaired) electrons. The Kier molecular flexibility index (Phi) is 13.2. The number of aromatic nitrogens is 2. The summed E-state index contributed by atoms with van der Waals surface area (Å²) in [5, 5.41) is -1.69. The fourth-order valence-corrected chi connectivity index (χ4v) is 17.6. The molecule has 2 aliphatic heterocycles. The van der Waals surface area contributed by atoms with Crippen molar-refractivity contribution < 1.29 is 46.6 Å². The van der Waals surface area contributed by atoms with Crippen LogP contribution in [0.5, 0.6) is 0 Å². The minimum absolute atomic E-state index is 0.00856. The second kappa shape index (κ2) is 30.5. The van der Waals surface area contributed by atoms with E-state index in [1.165, 1.54) is 32.2 Å². The highest BCUT2D eigenvalue weighted by molar-refractivity contribution is 7.00. The number of fused-ring (bicyclic) bond motifs is 10. The van der Waals surface area contributed by atoms with Crippen LogP contribution in [0.2, 0.25) is 0 Å². The van der Waals surface area contributed by atoms with E-state index in [0.29, 0.717) is 11.1 Å². The Labute approximate surface area is 819 Å². The first-order valence-corrected chi connectivity index (χ1v) is 44.7. The summed E-state index contributed by atoms with van der Waals surface area (Å²) >= 11 is 0. The van der Waals surface area contributed by atoms with Gasteiger partial charge in [-0.15, -0.1) is 0 Å². The lowest BCUT2D eigenvalue weighted by molar-refractivity contribution is 0.568. The number of para-hydroxylation sites is 4. The molecule has 2 aromatic heterocycles. The van der Waals surface area contributed by atoms with Crippen molar-refractivity contribution >= 4 is 101 Å². The third-order valence-electron chi connectivity index (χ3n) is 24.9. The second-order valence-corrected chi connectivity index (χ2v) is 45.3. The Bertz CT molecular complexity index is 9050. The average Bonchev–Trinajstić information content (AvgIpc) is 1.53. The third kappa shape index (κ3) is 15.6. The molecule has 0 saturated carbocycles. The zero-order valence-electron chi connectivity index (χ0n) is 114. The van der Waals surface area contributed by atoms with Gasteiger partial charge in [-0.05, 0) is 238 Å². The molecule has 0 spiro atoms. The van der Waals surface area contributed by atoms with Crippen LogP contribution in [0.25, 0.3) is 111 Å². The van der Waals surface area contributed by atoms with Crippen LogP contribution in [0.4, 0.5) is 34.1 Å². The lowest BCUT2D eigenvalue weighted by Gasteiger charge is -2.46. The van der Waals surface area contributed by atoms with Crippen LogP contribution in [-0.4, -0.2) is 15.8 Å². The van der Waals surface area contributed by atoms with Crippen molar-refractivity contribution in [1.29, 1.82) is 0 Å². The number of benzene rings is 14. The van der Waals surface area contributed by atoms with Crippen LogP contribution in [0, 0.1) is 0 Å². The monoisotopic (exact) mass is 1730 g/mol. The standard InChI is InChI=1S/C124H135BN4/c1-115(2,3)81-55-50-76(51-56-81)95-69-87(121(19,20)21)71-97(80-64-85(119(13,14)15)68-86(65-80)120(16,17)18)113(95)128-107-66-78(79-62-83(117(7,8)9)67-84(63-79)118(10,11)12)54-60-101(107)125-102-61-59-89(126-103-46-35-31-40-91(103)92-41-32-36-47-104(92)126)73-108(102)129(110-75-90(74-109(128)112(110)125)127-105-48-37-33-42-93(105)94-43-34-38-49-106(94)127)114-96(77-52-57-82(58-53-77)116(4,5)6)70-88(122(22,23)24)72-98(114)111-99(123(25,26)27)44-39-45-100(111)124(28,29)30/h31-75H,1-30H3/i31D,32D,33D,34D,35D,36D,37D,38D,39D,40D,41D,42D,43D,44D,45D,46D,47D,48D,49D,50D,51D,52D,53D,55D,56D,57D,58D,64D,65D,68D,69D,70D,71D,72D. The van der Waals surface area contributed by atoms with Crippen molar-refractivity contribution in [3.05, 3.63) is 328 Å². The molecule has 0 N–H and O–H groups in total. The maximum absolute atomic E-state index is 12.1. The number of anilines is 6. The largest absolute Gasteiger partial charge is 0.310 e. The van der Waals surface area contributed by atoms with Gasteiger partial charge < -0.3 is 18.9 Å². The van der Waals surface area contributed by atoms with Gasteiger partial charge in [-0.1, -0.05) is 401 Å². The van der Waals surface area contributed by atoms with Crippen LogP contribution in [0.3, 0.4) is 0 Å². The summed E-state index contributed by atoms with van der Waals surface area (Å²) in [6, 6.07) is -4.18. The predicted molar refractivity (Wildman–Crippen MR) is 563 cm³/mol. The smallest absolute Gasteiger partial charge is 0.252 e. The van der Waals surface area contributed by atoms with Gasteiger partial charge in [-0.3, -0.25) is 0 Å². The van der Waals surface area contributed by atoms with Gasteiger partial charge >= 0.3 is 0 Å². The molecule has 0 unspecified atom stereocenters. The van der Waals surface area contributed by atoms with Crippen molar-refractivity contribution in [1.82, 2.24) is 9.13 Å². The first kappa shape index (κ1) is 56.0. The molecule has 4 heterocycles. The number of rotatable bonds is 9. The topological polar surface area (TPSA) is 16.3 Å². The molecule has 18 rings (SSSR count). The average molecular weight is 1730 g/mol. The number of hydrogen-bond donors (Lipinski definition) is 0. The molecule has 129 heavy (non-hydrogen) atoms. The Hall–Kier alpha value is -11.7. The fourth-order valence-electron chi connectivity index (χ4n) is 17.6. The summed E-state index contributed by atoms with van der Waals surface area (Å²) in [6.07, 6.45) is 0. The van der Waals surface area contributed by atoms with Crippen molar-refractivity contribution in [2.24, 2.45) is 0 Å². The van der Waals surface area contributed by atoms with E-state index in [-0.39, 0.29) is 134 Å². The first-order chi connectivity index (χ1) is 74.5. The molecule has 0 bridgehead atoms. The van der Waals surface area contributed by atoms with E-state index in [4.69, 9.17) is 0 Å². The van der Waals surface area contributed by atoms with E-state index in [9.17, 15) is 46.6 Å². The molecule has 0 atom stereocenters. The molecule has 654 valence electrons. The van der Waals surface area contributed by atoms with Crippen LogP contribution in [0.1, 0.15) is 310 Å². The Morgan fingerprint density at radius 2 is 0.558 bits per heavy atom. The van der Waals surface area contributed by atoms with E-state index < -0.39 is 327 Å². The molecule has 2 aliphatic rings. The summed E-state index contributed by atoms with van der Waals surface area (Å²) in [7, 11) is 0. The molecule has 0 saturated heterocycles. The lowest BCUT2D eigenvalue weighted by Crippen LogP contribution is -2.61. The van der Waals surface area contributed by atoms with Gasteiger partial charge in [0.2, 0.25) is 0 Å². The minimum Gasteiger partial charge on any atom is -0.310 e. The van der Waals surface area contributed by atoms with E-state index in [2.05, 4.69) is 47.6 Å². The molecule has 0 aliphatic carbocycles. The number of hydrogen-bond acceptors (Lipinski definition) is 2. The molecule has 16 aromatic rings. The van der Waals surface area contributed by atoms with E-state index in [0.717, 1.165) is 11.1 Å². The maximum Gasteiger partial charge on any atom is 0.252 e. The highest BCUT2D eigenvalue weighted by Gasteiger charge is 2.48. The van der Waals surface area contributed by atoms with Crippen LogP contribution >= 0.6 is 0 Å². The molecule has 5 heteroatoms. The van der Waals surface area contributed by atoms with E-state index in [1.54, 1.807) is 183 Å². The normalized spacial score (nSPS) is 17.5. The molecule has 14 aromatic carbocycles. The molecule has 0 fully saturated rings. The van der Waals surface area contributed by atoms with Crippen molar-refractivity contribution in [3.8, 4) is 67.0 Å². The number of nitrogens with zero attached hydrogens (tertiary/aromatic N) is 4. The summed E-state index contributed by atoms with van der Waals surface area (Å²) < 4.78 is 362. The summed E-state index contributed by atoms with van der Waals surface area (Å²) in [6.45, 7) is 52.6. The van der Waals surface area contributed by atoms with Gasteiger partial charge in [-0.25, -0.2) is 0 Å². The molecule has 0 amide bonds.